The molecule has 0 bridgehead atoms. The van der Waals surface area contributed by atoms with Crippen LogP contribution in [0.15, 0.2) is 30.3 Å². The number of piperazine rings is 1. The van der Waals surface area contributed by atoms with Gasteiger partial charge in [-0.25, -0.2) is 0 Å². The van der Waals surface area contributed by atoms with E-state index in [1.807, 2.05) is 17.8 Å². The Morgan fingerprint density at radius 2 is 1.65 bits per heavy atom. The molecule has 0 spiro atoms. The Morgan fingerprint density at radius 3 is 2.30 bits per heavy atom. The molecule has 2 heterocycles. The summed E-state index contributed by atoms with van der Waals surface area (Å²) in [7, 11) is 0. The first-order valence-corrected chi connectivity index (χ1v) is 8.66. The van der Waals surface area contributed by atoms with Gasteiger partial charge in [0.05, 0.1) is 0 Å². The minimum absolute atomic E-state index is 0.291. The van der Waals surface area contributed by atoms with Gasteiger partial charge in [-0.1, -0.05) is 18.2 Å². The van der Waals surface area contributed by atoms with Gasteiger partial charge in [-0.15, -0.1) is 0 Å². The smallest absolute Gasteiger partial charge is 0.225 e. The van der Waals surface area contributed by atoms with E-state index in [1.165, 1.54) is 5.69 Å². The summed E-state index contributed by atoms with van der Waals surface area (Å²) in [5.74, 6) is 3.00. The van der Waals surface area contributed by atoms with E-state index in [0.717, 1.165) is 50.5 Å². The standard InChI is InChI=1S/C16H22N2OS/c19-16(14-6-12-20-13-7-14)18-10-8-17(9-11-18)15-4-2-1-3-5-15/h1-5,14H,6-13H2. The van der Waals surface area contributed by atoms with Crippen LogP contribution in [-0.2, 0) is 4.79 Å². The summed E-state index contributed by atoms with van der Waals surface area (Å²) in [6, 6.07) is 10.5. The number of para-hydroxylation sites is 1. The van der Waals surface area contributed by atoms with Gasteiger partial charge in [-0.3, -0.25) is 4.79 Å². The number of hydrogen-bond acceptors (Lipinski definition) is 3. The number of thioether (sulfide) groups is 1. The second kappa shape index (κ2) is 6.53. The van der Waals surface area contributed by atoms with Gasteiger partial charge in [0, 0.05) is 37.8 Å². The maximum atomic E-state index is 12.5. The van der Waals surface area contributed by atoms with Gasteiger partial charge in [-0.2, -0.15) is 11.8 Å². The Hall–Kier alpha value is -1.16. The van der Waals surface area contributed by atoms with Gasteiger partial charge in [0.1, 0.15) is 0 Å². The molecule has 0 atom stereocenters. The third-order valence-corrected chi connectivity index (χ3v) is 5.33. The molecule has 4 heteroatoms. The number of carbonyl (C=O) groups is 1. The molecule has 0 aliphatic carbocycles. The highest BCUT2D eigenvalue weighted by molar-refractivity contribution is 7.99. The molecule has 0 radical (unpaired) electrons. The molecule has 1 amide bonds. The molecular weight excluding hydrogens is 268 g/mol. The summed E-state index contributed by atoms with van der Waals surface area (Å²) in [6.45, 7) is 3.66. The zero-order valence-electron chi connectivity index (χ0n) is 11.8. The molecule has 0 unspecified atom stereocenters. The summed E-state index contributed by atoms with van der Waals surface area (Å²) in [5, 5.41) is 0. The van der Waals surface area contributed by atoms with Crippen molar-refractivity contribution in [2.75, 3.05) is 42.6 Å². The van der Waals surface area contributed by atoms with Crippen molar-refractivity contribution in [1.29, 1.82) is 0 Å². The Bertz CT molecular complexity index is 437. The summed E-state index contributed by atoms with van der Waals surface area (Å²) in [6.07, 6.45) is 2.14. The molecule has 1 aromatic carbocycles. The fourth-order valence-corrected chi connectivity index (χ4v) is 4.13. The monoisotopic (exact) mass is 290 g/mol. The van der Waals surface area contributed by atoms with Crippen LogP contribution in [0.4, 0.5) is 5.69 Å². The summed E-state index contributed by atoms with van der Waals surface area (Å²) < 4.78 is 0. The molecule has 0 aromatic heterocycles. The summed E-state index contributed by atoms with van der Waals surface area (Å²) in [5.41, 5.74) is 1.27. The Balaban J connectivity index is 1.54. The van der Waals surface area contributed by atoms with Crippen LogP contribution >= 0.6 is 11.8 Å². The third-order valence-electron chi connectivity index (χ3n) is 4.28. The minimum Gasteiger partial charge on any atom is -0.368 e. The van der Waals surface area contributed by atoms with Gasteiger partial charge >= 0.3 is 0 Å². The second-order valence-corrected chi connectivity index (χ2v) is 6.76. The number of amides is 1. The zero-order chi connectivity index (χ0) is 13.8. The highest BCUT2D eigenvalue weighted by Gasteiger charge is 2.28. The van der Waals surface area contributed by atoms with Crippen molar-refractivity contribution in [3.05, 3.63) is 30.3 Å². The molecule has 0 saturated carbocycles. The van der Waals surface area contributed by atoms with Gasteiger partial charge in [-0.05, 0) is 36.5 Å². The van der Waals surface area contributed by atoms with Crippen LogP contribution in [0.3, 0.4) is 0 Å². The quantitative estimate of drug-likeness (QED) is 0.836. The second-order valence-electron chi connectivity index (χ2n) is 5.53. The minimum atomic E-state index is 0.291. The highest BCUT2D eigenvalue weighted by atomic mass is 32.2. The van der Waals surface area contributed by atoms with Crippen LogP contribution < -0.4 is 4.90 Å². The van der Waals surface area contributed by atoms with Crippen LogP contribution in [0.25, 0.3) is 0 Å². The van der Waals surface area contributed by atoms with E-state index in [0.29, 0.717) is 11.8 Å². The Labute approximate surface area is 125 Å². The van der Waals surface area contributed by atoms with E-state index < -0.39 is 0 Å². The van der Waals surface area contributed by atoms with Crippen molar-refractivity contribution in [3.63, 3.8) is 0 Å². The largest absolute Gasteiger partial charge is 0.368 e. The van der Waals surface area contributed by atoms with E-state index in [9.17, 15) is 4.79 Å². The molecule has 20 heavy (non-hydrogen) atoms. The van der Waals surface area contributed by atoms with Crippen molar-refractivity contribution < 1.29 is 4.79 Å². The molecule has 2 aliphatic heterocycles. The van der Waals surface area contributed by atoms with Crippen molar-refractivity contribution >= 4 is 23.4 Å². The molecular formula is C16H22N2OS. The van der Waals surface area contributed by atoms with Crippen LogP contribution in [0.5, 0.6) is 0 Å². The predicted molar refractivity (Wildman–Crippen MR) is 85.3 cm³/mol. The third kappa shape index (κ3) is 3.11. The van der Waals surface area contributed by atoms with Crippen molar-refractivity contribution in [3.8, 4) is 0 Å². The Kier molecular flexibility index (Phi) is 4.51. The SMILES string of the molecule is O=C(C1CCSCC1)N1CCN(c2ccccc2)CC1. The number of carbonyl (C=O) groups excluding carboxylic acids is 1. The van der Waals surface area contributed by atoms with Crippen LogP contribution in [0.2, 0.25) is 0 Å². The summed E-state index contributed by atoms with van der Waals surface area (Å²) in [4.78, 5) is 17.0. The van der Waals surface area contributed by atoms with Gasteiger partial charge < -0.3 is 9.80 Å². The average molecular weight is 290 g/mol. The number of benzene rings is 1. The summed E-state index contributed by atoms with van der Waals surface area (Å²) >= 11 is 1.98. The van der Waals surface area contributed by atoms with Gasteiger partial charge in [0.15, 0.2) is 0 Å². The van der Waals surface area contributed by atoms with Crippen LogP contribution in [-0.4, -0.2) is 48.5 Å². The van der Waals surface area contributed by atoms with Gasteiger partial charge in [0.25, 0.3) is 0 Å². The molecule has 2 aliphatic rings. The van der Waals surface area contributed by atoms with E-state index in [1.54, 1.807) is 0 Å². The van der Waals surface area contributed by atoms with Crippen LogP contribution in [0.1, 0.15) is 12.8 Å². The van der Waals surface area contributed by atoms with E-state index in [4.69, 9.17) is 0 Å². The molecule has 2 fully saturated rings. The Morgan fingerprint density at radius 1 is 1.00 bits per heavy atom. The molecule has 1 aromatic rings. The van der Waals surface area contributed by atoms with Crippen molar-refractivity contribution in [2.24, 2.45) is 5.92 Å². The normalized spacial score (nSPS) is 21.0. The number of rotatable bonds is 2. The fourth-order valence-electron chi connectivity index (χ4n) is 3.03. The van der Waals surface area contributed by atoms with Crippen molar-refractivity contribution in [2.45, 2.75) is 12.8 Å². The average Bonchev–Trinajstić information content (AvgIpc) is 2.56. The zero-order valence-corrected chi connectivity index (χ0v) is 12.6. The first-order valence-electron chi connectivity index (χ1n) is 7.51. The van der Waals surface area contributed by atoms with E-state index in [2.05, 4.69) is 34.1 Å². The number of anilines is 1. The lowest BCUT2D eigenvalue weighted by Gasteiger charge is -2.38. The molecule has 3 rings (SSSR count). The van der Waals surface area contributed by atoms with Crippen molar-refractivity contribution in [1.82, 2.24) is 4.90 Å². The topological polar surface area (TPSA) is 23.6 Å². The predicted octanol–water partition coefficient (Wildman–Crippen LogP) is 2.48. The highest BCUT2D eigenvalue weighted by Crippen LogP contribution is 2.25. The number of hydrogen-bond donors (Lipinski definition) is 0. The first-order chi connectivity index (χ1) is 9.84. The fraction of sp³-hybridized carbons (Fsp3) is 0.562. The van der Waals surface area contributed by atoms with Crippen LogP contribution in [0, 0.1) is 5.92 Å². The lowest BCUT2D eigenvalue weighted by Crippen LogP contribution is -2.50. The maximum absolute atomic E-state index is 12.5. The maximum Gasteiger partial charge on any atom is 0.225 e. The first kappa shape index (κ1) is 13.8. The number of nitrogens with zero attached hydrogens (tertiary/aromatic N) is 2. The van der Waals surface area contributed by atoms with E-state index >= 15 is 0 Å². The molecule has 0 N–H and O–H groups in total. The molecule has 108 valence electrons. The van der Waals surface area contributed by atoms with E-state index in [-0.39, 0.29) is 0 Å². The lowest BCUT2D eigenvalue weighted by molar-refractivity contribution is -0.136. The van der Waals surface area contributed by atoms with Gasteiger partial charge in [0.2, 0.25) is 5.91 Å². The lowest BCUT2D eigenvalue weighted by atomic mass is 10.0. The molecule has 2 saturated heterocycles. The molecule has 3 nitrogen and oxygen atoms in total.